The molecule has 5 rings (SSSR count). The summed E-state index contributed by atoms with van der Waals surface area (Å²) in [6.45, 7) is 2.23. The molecule has 166 valence electrons. The number of aliphatic carboxylic acids is 1. The lowest BCUT2D eigenvalue weighted by molar-refractivity contribution is -0.136. The first kappa shape index (κ1) is 21.2. The highest BCUT2D eigenvalue weighted by atomic mass is 32.2. The van der Waals surface area contributed by atoms with E-state index in [2.05, 4.69) is 0 Å². The number of carbonyl (C=O) groups is 2. The number of carboxylic acid groups (broad SMARTS) is 1. The van der Waals surface area contributed by atoms with Gasteiger partial charge in [0.1, 0.15) is 18.1 Å². The molecule has 6 nitrogen and oxygen atoms in total. The number of carbonyl (C=O) groups excluding carboxylic acids is 1. The van der Waals surface area contributed by atoms with Crippen molar-refractivity contribution in [1.82, 2.24) is 4.57 Å². The Labute approximate surface area is 194 Å². The minimum atomic E-state index is -0.903. The van der Waals surface area contributed by atoms with Crippen LogP contribution in [0.5, 0.6) is 11.5 Å². The second-order valence-electron chi connectivity index (χ2n) is 7.79. The number of hydrogen-bond acceptors (Lipinski definition) is 5. The first-order valence-electron chi connectivity index (χ1n) is 10.5. The predicted molar refractivity (Wildman–Crippen MR) is 126 cm³/mol. The van der Waals surface area contributed by atoms with E-state index in [1.807, 2.05) is 43.3 Å². The van der Waals surface area contributed by atoms with Crippen LogP contribution in [0.1, 0.15) is 21.6 Å². The van der Waals surface area contributed by atoms with Crippen LogP contribution in [0.3, 0.4) is 0 Å². The van der Waals surface area contributed by atoms with Crippen molar-refractivity contribution < 1.29 is 24.2 Å². The lowest BCUT2D eigenvalue weighted by atomic mass is 10.1. The van der Waals surface area contributed by atoms with Crippen LogP contribution in [0.25, 0.3) is 10.9 Å². The van der Waals surface area contributed by atoms with Crippen LogP contribution >= 0.6 is 11.8 Å². The van der Waals surface area contributed by atoms with E-state index in [1.165, 1.54) is 0 Å². The molecule has 0 saturated carbocycles. The maximum absolute atomic E-state index is 13.3. The lowest BCUT2D eigenvalue weighted by Crippen LogP contribution is -2.17. The molecule has 0 aliphatic carbocycles. The first-order valence-corrected chi connectivity index (χ1v) is 11.4. The largest absolute Gasteiger partial charge is 0.489 e. The monoisotopic (exact) mass is 459 g/mol. The highest BCUT2D eigenvalue weighted by molar-refractivity contribution is 8.00. The van der Waals surface area contributed by atoms with Crippen molar-refractivity contribution >= 4 is 34.5 Å². The molecule has 1 aliphatic rings. The molecule has 2 heterocycles. The number of aryl methyl sites for hydroxylation is 1. The number of thioether (sulfide) groups is 1. The van der Waals surface area contributed by atoms with E-state index in [4.69, 9.17) is 9.47 Å². The minimum Gasteiger partial charge on any atom is -0.489 e. The van der Waals surface area contributed by atoms with E-state index in [9.17, 15) is 14.7 Å². The summed E-state index contributed by atoms with van der Waals surface area (Å²) in [5.74, 6) is 0.453. The number of benzene rings is 3. The van der Waals surface area contributed by atoms with Gasteiger partial charge in [-0.15, -0.1) is 0 Å². The minimum absolute atomic E-state index is 0.0882. The standard InChI is InChI=1S/C26H21NO5S/c1-16-13-20-18(14-24(28)29)5-4-6-21(20)27(16)26(30)17-9-11-19(12-10-17)31-15-25-32-22-7-2-3-8-23(22)33-25/h2-13,25H,14-15H2,1H3,(H,28,29). The zero-order valence-corrected chi connectivity index (χ0v) is 18.7. The van der Waals surface area contributed by atoms with Crippen LogP contribution in [-0.2, 0) is 11.2 Å². The zero-order chi connectivity index (χ0) is 22.9. The van der Waals surface area contributed by atoms with E-state index < -0.39 is 5.97 Å². The number of fused-ring (bicyclic) bond motifs is 2. The Bertz CT molecular complexity index is 1330. The van der Waals surface area contributed by atoms with Gasteiger partial charge in [0.25, 0.3) is 5.91 Å². The number of ether oxygens (including phenoxy) is 2. The third-order valence-electron chi connectivity index (χ3n) is 5.52. The second kappa shape index (κ2) is 8.67. The molecule has 0 bridgehead atoms. The molecule has 0 amide bonds. The average molecular weight is 460 g/mol. The van der Waals surface area contributed by atoms with Gasteiger partial charge in [0, 0.05) is 16.6 Å². The highest BCUT2D eigenvalue weighted by Gasteiger charge is 2.24. The fourth-order valence-corrected chi connectivity index (χ4v) is 4.98. The van der Waals surface area contributed by atoms with Gasteiger partial charge in [-0.3, -0.25) is 14.2 Å². The van der Waals surface area contributed by atoms with Crippen LogP contribution in [-0.4, -0.2) is 33.6 Å². The number of para-hydroxylation sites is 1. The summed E-state index contributed by atoms with van der Waals surface area (Å²) in [6, 6.07) is 22.2. The van der Waals surface area contributed by atoms with Gasteiger partial charge >= 0.3 is 5.97 Å². The Balaban J connectivity index is 1.31. The molecular weight excluding hydrogens is 438 g/mol. The van der Waals surface area contributed by atoms with Crippen molar-refractivity contribution in [2.45, 2.75) is 23.7 Å². The molecule has 1 aromatic heterocycles. The summed E-state index contributed by atoms with van der Waals surface area (Å²) >= 11 is 1.63. The van der Waals surface area contributed by atoms with Gasteiger partial charge in [0.2, 0.25) is 0 Å². The van der Waals surface area contributed by atoms with Crippen molar-refractivity contribution in [2.75, 3.05) is 6.61 Å². The van der Waals surface area contributed by atoms with Crippen LogP contribution in [0.4, 0.5) is 0 Å². The summed E-state index contributed by atoms with van der Waals surface area (Å²) in [4.78, 5) is 25.6. The Morgan fingerprint density at radius 3 is 2.61 bits per heavy atom. The Morgan fingerprint density at radius 2 is 1.85 bits per heavy atom. The van der Waals surface area contributed by atoms with E-state index in [1.54, 1.807) is 52.7 Å². The topological polar surface area (TPSA) is 77.8 Å². The normalized spacial score (nSPS) is 14.6. The van der Waals surface area contributed by atoms with Crippen LogP contribution in [0.15, 0.2) is 77.7 Å². The summed E-state index contributed by atoms with van der Waals surface area (Å²) < 4.78 is 13.4. The van der Waals surface area contributed by atoms with Gasteiger partial charge in [-0.2, -0.15) is 0 Å². The smallest absolute Gasteiger partial charge is 0.307 e. The summed E-state index contributed by atoms with van der Waals surface area (Å²) in [5, 5.41) is 9.96. The van der Waals surface area contributed by atoms with Gasteiger partial charge in [-0.1, -0.05) is 36.0 Å². The fraction of sp³-hybridized carbons (Fsp3) is 0.154. The van der Waals surface area contributed by atoms with E-state index in [0.29, 0.717) is 29.0 Å². The van der Waals surface area contributed by atoms with E-state index in [-0.39, 0.29) is 17.8 Å². The fourth-order valence-electron chi connectivity index (χ4n) is 4.02. The highest BCUT2D eigenvalue weighted by Crippen LogP contribution is 2.40. The molecule has 7 heteroatoms. The van der Waals surface area contributed by atoms with Crippen molar-refractivity contribution in [2.24, 2.45) is 0 Å². The third kappa shape index (κ3) is 4.19. The molecule has 0 radical (unpaired) electrons. The third-order valence-corrected chi connectivity index (χ3v) is 6.60. The molecule has 1 N–H and O–H groups in total. The van der Waals surface area contributed by atoms with Crippen LogP contribution in [0.2, 0.25) is 0 Å². The molecule has 33 heavy (non-hydrogen) atoms. The average Bonchev–Trinajstić information content (AvgIpc) is 3.38. The Hall–Kier alpha value is -3.71. The first-order chi connectivity index (χ1) is 16.0. The van der Waals surface area contributed by atoms with Gasteiger partial charge in [-0.25, -0.2) is 0 Å². The quantitative estimate of drug-likeness (QED) is 0.429. The van der Waals surface area contributed by atoms with Gasteiger partial charge in [-0.05, 0) is 61.0 Å². The molecule has 0 saturated heterocycles. The number of carboxylic acids is 1. The lowest BCUT2D eigenvalue weighted by Gasteiger charge is -2.12. The number of rotatable bonds is 6. The van der Waals surface area contributed by atoms with E-state index >= 15 is 0 Å². The molecule has 0 spiro atoms. The molecule has 3 aromatic carbocycles. The van der Waals surface area contributed by atoms with Crippen molar-refractivity contribution in [3.8, 4) is 11.5 Å². The number of aromatic nitrogens is 1. The molecular formula is C26H21NO5S. The SMILES string of the molecule is Cc1cc2c(CC(=O)O)cccc2n1C(=O)c1ccc(OCC2Oc3ccccc3S2)cc1. The zero-order valence-electron chi connectivity index (χ0n) is 17.9. The summed E-state index contributed by atoms with van der Waals surface area (Å²) in [7, 11) is 0. The van der Waals surface area contributed by atoms with Gasteiger partial charge in [0.15, 0.2) is 5.44 Å². The van der Waals surface area contributed by atoms with Crippen LogP contribution < -0.4 is 9.47 Å². The summed E-state index contributed by atoms with van der Waals surface area (Å²) in [5.41, 5.74) is 2.55. The molecule has 4 aromatic rings. The molecule has 1 unspecified atom stereocenters. The Morgan fingerprint density at radius 1 is 1.06 bits per heavy atom. The maximum atomic E-state index is 13.3. The van der Waals surface area contributed by atoms with Crippen LogP contribution in [0, 0.1) is 6.92 Å². The maximum Gasteiger partial charge on any atom is 0.307 e. The molecule has 1 atom stereocenters. The van der Waals surface area contributed by atoms with Crippen molar-refractivity contribution in [1.29, 1.82) is 0 Å². The molecule has 0 fully saturated rings. The van der Waals surface area contributed by atoms with Crippen molar-refractivity contribution in [3.63, 3.8) is 0 Å². The van der Waals surface area contributed by atoms with E-state index in [0.717, 1.165) is 21.7 Å². The van der Waals surface area contributed by atoms with Crippen molar-refractivity contribution in [3.05, 3.63) is 89.6 Å². The molecule has 1 aliphatic heterocycles. The van der Waals surface area contributed by atoms with Gasteiger partial charge in [0.05, 0.1) is 16.8 Å². The Kier molecular flexibility index (Phi) is 5.56. The number of nitrogens with zero attached hydrogens (tertiary/aromatic N) is 1. The summed E-state index contributed by atoms with van der Waals surface area (Å²) in [6.07, 6.45) is -0.0882. The predicted octanol–water partition coefficient (Wildman–Crippen LogP) is 5.15. The second-order valence-corrected chi connectivity index (χ2v) is 9.00. The van der Waals surface area contributed by atoms with Gasteiger partial charge < -0.3 is 14.6 Å². The number of hydrogen-bond donors (Lipinski definition) is 1.